The Hall–Kier alpha value is -1.04. The first-order valence-corrected chi connectivity index (χ1v) is 10.3. The summed E-state index contributed by atoms with van der Waals surface area (Å²) >= 11 is 1.70. The molecule has 2 saturated heterocycles. The van der Waals surface area contributed by atoms with E-state index in [4.69, 9.17) is 4.74 Å². The van der Waals surface area contributed by atoms with Crippen molar-refractivity contribution in [3.63, 3.8) is 0 Å². The first-order valence-electron chi connectivity index (χ1n) is 9.03. The lowest BCUT2D eigenvalue weighted by Crippen LogP contribution is -2.43. The molecule has 5 heteroatoms. The molecule has 0 spiro atoms. The van der Waals surface area contributed by atoms with Gasteiger partial charge < -0.3 is 14.5 Å². The number of hydrogen-bond acceptors (Lipinski definition) is 4. The standard InChI is InChI=1S/C19H28N2O2S/c1-24-18-8-6-16(7-9-18)19(22)21-12-5-13-23-17(15-21)14-20-10-3-2-4-11-20/h6-9,17H,2-5,10-15H2,1H3. The molecule has 1 aromatic carbocycles. The van der Waals surface area contributed by atoms with Gasteiger partial charge in [0.05, 0.1) is 6.10 Å². The summed E-state index contributed by atoms with van der Waals surface area (Å²) in [6, 6.07) is 7.94. The average Bonchev–Trinajstić information content (AvgIpc) is 2.87. The first-order chi connectivity index (χ1) is 11.8. The second kappa shape index (κ2) is 8.88. The zero-order chi connectivity index (χ0) is 16.8. The molecule has 0 aromatic heterocycles. The van der Waals surface area contributed by atoms with Gasteiger partial charge in [0.2, 0.25) is 0 Å². The van der Waals surface area contributed by atoms with Crippen molar-refractivity contribution < 1.29 is 9.53 Å². The molecule has 1 aromatic rings. The summed E-state index contributed by atoms with van der Waals surface area (Å²) in [6.45, 7) is 5.55. The van der Waals surface area contributed by atoms with Crippen LogP contribution < -0.4 is 0 Å². The molecule has 132 valence electrons. The average molecular weight is 349 g/mol. The lowest BCUT2D eigenvalue weighted by atomic mass is 10.1. The molecule has 2 aliphatic heterocycles. The zero-order valence-electron chi connectivity index (χ0n) is 14.6. The van der Waals surface area contributed by atoms with Crippen molar-refractivity contribution >= 4 is 17.7 Å². The van der Waals surface area contributed by atoms with Crippen LogP contribution in [0.2, 0.25) is 0 Å². The van der Waals surface area contributed by atoms with Gasteiger partial charge in [0.25, 0.3) is 5.91 Å². The van der Waals surface area contributed by atoms with E-state index in [0.717, 1.165) is 31.7 Å². The Morgan fingerprint density at radius 1 is 1.12 bits per heavy atom. The van der Waals surface area contributed by atoms with Crippen LogP contribution in [0.5, 0.6) is 0 Å². The predicted octanol–water partition coefficient (Wildman–Crippen LogP) is 3.13. The summed E-state index contributed by atoms with van der Waals surface area (Å²) in [5.74, 6) is 0.136. The molecule has 2 heterocycles. The summed E-state index contributed by atoms with van der Waals surface area (Å²) in [6.07, 6.45) is 7.03. The van der Waals surface area contributed by atoms with Gasteiger partial charge in [-0.15, -0.1) is 11.8 Å². The van der Waals surface area contributed by atoms with Gasteiger partial charge in [0, 0.05) is 36.7 Å². The van der Waals surface area contributed by atoms with E-state index in [9.17, 15) is 4.79 Å². The Kier molecular flexibility index (Phi) is 6.58. The Morgan fingerprint density at radius 3 is 2.58 bits per heavy atom. The number of rotatable bonds is 4. The highest BCUT2D eigenvalue weighted by Gasteiger charge is 2.25. The molecule has 1 unspecified atom stereocenters. The monoisotopic (exact) mass is 348 g/mol. The van der Waals surface area contributed by atoms with Crippen LogP contribution in [0.25, 0.3) is 0 Å². The number of piperidine rings is 1. The highest BCUT2D eigenvalue weighted by Crippen LogP contribution is 2.18. The quantitative estimate of drug-likeness (QED) is 0.783. The van der Waals surface area contributed by atoms with Crippen molar-refractivity contribution in [3.05, 3.63) is 29.8 Å². The number of likely N-dealkylation sites (tertiary alicyclic amines) is 1. The van der Waals surface area contributed by atoms with Crippen molar-refractivity contribution in [3.8, 4) is 0 Å². The molecular formula is C19H28N2O2S. The summed E-state index contributed by atoms with van der Waals surface area (Å²) in [7, 11) is 0. The minimum Gasteiger partial charge on any atom is -0.375 e. The second-order valence-electron chi connectivity index (χ2n) is 6.69. The third-order valence-corrected chi connectivity index (χ3v) is 5.63. The third-order valence-electron chi connectivity index (χ3n) is 4.88. The highest BCUT2D eigenvalue weighted by atomic mass is 32.2. The molecule has 1 atom stereocenters. The van der Waals surface area contributed by atoms with Gasteiger partial charge in [-0.25, -0.2) is 0 Å². The predicted molar refractivity (Wildman–Crippen MR) is 98.8 cm³/mol. The molecule has 24 heavy (non-hydrogen) atoms. The van der Waals surface area contributed by atoms with Crippen LogP contribution in [0.1, 0.15) is 36.0 Å². The lowest BCUT2D eigenvalue weighted by molar-refractivity contribution is 0.0216. The SMILES string of the molecule is CSc1ccc(C(=O)N2CCCOC(CN3CCCCC3)C2)cc1. The van der Waals surface area contributed by atoms with Crippen LogP contribution in [0.15, 0.2) is 29.2 Å². The molecule has 0 radical (unpaired) electrons. The van der Waals surface area contributed by atoms with Crippen LogP contribution in [0.3, 0.4) is 0 Å². The number of amides is 1. The van der Waals surface area contributed by atoms with Crippen LogP contribution in [-0.4, -0.2) is 67.4 Å². The maximum Gasteiger partial charge on any atom is 0.253 e. The lowest BCUT2D eigenvalue weighted by Gasteiger charge is -2.31. The van der Waals surface area contributed by atoms with E-state index in [1.54, 1.807) is 11.8 Å². The van der Waals surface area contributed by atoms with Gasteiger partial charge >= 0.3 is 0 Å². The zero-order valence-corrected chi connectivity index (χ0v) is 15.4. The van der Waals surface area contributed by atoms with E-state index < -0.39 is 0 Å². The number of nitrogens with zero attached hydrogens (tertiary/aromatic N) is 2. The van der Waals surface area contributed by atoms with Crippen LogP contribution in [0, 0.1) is 0 Å². The molecule has 0 N–H and O–H groups in total. The normalized spacial score (nSPS) is 23.0. The summed E-state index contributed by atoms with van der Waals surface area (Å²) in [5.41, 5.74) is 0.784. The minimum atomic E-state index is 0.136. The smallest absolute Gasteiger partial charge is 0.253 e. The van der Waals surface area contributed by atoms with Crippen LogP contribution >= 0.6 is 11.8 Å². The molecule has 2 aliphatic rings. The number of carbonyl (C=O) groups is 1. The van der Waals surface area contributed by atoms with Crippen molar-refractivity contribution in [1.29, 1.82) is 0 Å². The Labute approximate surface area is 149 Å². The topological polar surface area (TPSA) is 32.8 Å². The number of hydrogen-bond donors (Lipinski definition) is 0. The fourth-order valence-electron chi connectivity index (χ4n) is 3.54. The summed E-state index contributed by atoms with van der Waals surface area (Å²) in [5, 5.41) is 0. The van der Waals surface area contributed by atoms with Crippen molar-refractivity contribution in [2.75, 3.05) is 45.6 Å². The molecule has 3 rings (SSSR count). The van der Waals surface area contributed by atoms with E-state index in [-0.39, 0.29) is 12.0 Å². The van der Waals surface area contributed by atoms with Crippen LogP contribution in [0.4, 0.5) is 0 Å². The van der Waals surface area contributed by atoms with E-state index in [0.29, 0.717) is 6.54 Å². The number of benzene rings is 1. The molecule has 0 saturated carbocycles. The number of ether oxygens (including phenoxy) is 1. The molecule has 4 nitrogen and oxygen atoms in total. The summed E-state index contributed by atoms with van der Waals surface area (Å²) in [4.78, 5) is 18.5. The van der Waals surface area contributed by atoms with E-state index in [1.807, 2.05) is 35.4 Å². The van der Waals surface area contributed by atoms with E-state index in [1.165, 1.54) is 37.2 Å². The van der Waals surface area contributed by atoms with Gasteiger partial charge in [0.15, 0.2) is 0 Å². The van der Waals surface area contributed by atoms with E-state index >= 15 is 0 Å². The molecule has 1 amide bonds. The number of carbonyl (C=O) groups excluding carboxylic acids is 1. The maximum atomic E-state index is 12.8. The van der Waals surface area contributed by atoms with Gasteiger partial charge in [-0.3, -0.25) is 4.79 Å². The Balaban J connectivity index is 1.61. The van der Waals surface area contributed by atoms with Crippen molar-refractivity contribution in [1.82, 2.24) is 9.80 Å². The number of thioether (sulfide) groups is 1. The fourth-order valence-corrected chi connectivity index (χ4v) is 3.94. The van der Waals surface area contributed by atoms with Gasteiger partial charge in [-0.2, -0.15) is 0 Å². The Bertz CT molecular complexity index is 529. The molecular weight excluding hydrogens is 320 g/mol. The maximum absolute atomic E-state index is 12.8. The summed E-state index contributed by atoms with van der Waals surface area (Å²) < 4.78 is 6.02. The molecule has 0 bridgehead atoms. The second-order valence-corrected chi connectivity index (χ2v) is 7.57. The van der Waals surface area contributed by atoms with Gasteiger partial charge in [-0.1, -0.05) is 6.42 Å². The van der Waals surface area contributed by atoms with Gasteiger partial charge in [-0.05, 0) is 62.9 Å². The Morgan fingerprint density at radius 2 is 1.88 bits per heavy atom. The molecule has 0 aliphatic carbocycles. The van der Waals surface area contributed by atoms with E-state index in [2.05, 4.69) is 4.90 Å². The van der Waals surface area contributed by atoms with Crippen molar-refractivity contribution in [2.45, 2.75) is 36.7 Å². The van der Waals surface area contributed by atoms with Crippen LogP contribution in [-0.2, 0) is 4.74 Å². The molecule has 2 fully saturated rings. The highest BCUT2D eigenvalue weighted by molar-refractivity contribution is 7.98. The fraction of sp³-hybridized carbons (Fsp3) is 0.632. The van der Waals surface area contributed by atoms with Gasteiger partial charge in [0.1, 0.15) is 0 Å². The third kappa shape index (κ3) is 4.74. The largest absolute Gasteiger partial charge is 0.375 e. The minimum absolute atomic E-state index is 0.136. The van der Waals surface area contributed by atoms with Crippen molar-refractivity contribution in [2.24, 2.45) is 0 Å². The first kappa shape index (κ1) is 17.8.